The zero-order valence-electron chi connectivity index (χ0n) is 20.1. The van der Waals surface area contributed by atoms with Gasteiger partial charge in [0.15, 0.2) is 0 Å². The zero-order chi connectivity index (χ0) is 22.8. The van der Waals surface area contributed by atoms with Gasteiger partial charge in [0.05, 0.1) is 12.7 Å². The van der Waals surface area contributed by atoms with Gasteiger partial charge >= 0.3 is 0 Å². The first kappa shape index (κ1) is 22.2. The highest BCUT2D eigenvalue weighted by atomic mass is 16.3. The fourth-order valence-corrected chi connectivity index (χ4v) is 5.72. The highest BCUT2D eigenvalue weighted by Gasteiger charge is 2.26. The highest BCUT2D eigenvalue weighted by molar-refractivity contribution is 5.81. The molecule has 3 aromatic rings. The molecule has 2 aliphatic rings. The van der Waals surface area contributed by atoms with Crippen molar-refractivity contribution in [2.24, 2.45) is 5.92 Å². The predicted molar refractivity (Wildman–Crippen MR) is 134 cm³/mol. The molecule has 4 nitrogen and oxygen atoms in total. The molecule has 0 N–H and O–H groups in total. The van der Waals surface area contributed by atoms with Gasteiger partial charge in [-0.25, -0.2) is 0 Å². The van der Waals surface area contributed by atoms with E-state index in [0.29, 0.717) is 18.2 Å². The number of carbonyl (C=O) groups excluding carboxylic acids is 1. The van der Waals surface area contributed by atoms with Crippen molar-refractivity contribution < 1.29 is 9.21 Å². The first-order chi connectivity index (χ1) is 16.1. The van der Waals surface area contributed by atoms with Crippen LogP contribution in [-0.2, 0) is 24.1 Å². The van der Waals surface area contributed by atoms with E-state index >= 15 is 0 Å². The number of aryl methyl sites for hydroxylation is 3. The maximum atomic E-state index is 13.0. The van der Waals surface area contributed by atoms with Crippen molar-refractivity contribution in [3.8, 4) is 0 Å². The molecule has 0 radical (unpaired) electrons. The minimum Gasteiger partial charge on any atom is -0.464 e. The van der Waals surface area contributed by atoms with Gasteiger partial charge in [-0.05, 0) is 98.8 Å². The quantitative estimate of drug-likeness (QED) is 0.516. The molecule has 1 atom stereocenters. The molecule has 2 aromatic carbocycles. The second-order valence-corrected chi connectivity index (χ2v) is 10.1. The summed E-state index contributed by atoms with van der Waals surface area (Å²) in [7, 11) is 0. The van der Waals surface area contributed by atoms with E-state index in [1.165, 1.54) is 52.6 Å². The van der Waals surface area contributed by atoms with E-state index in [1.54, 1.807) is 0 Å². The largest absolute Gasteiger partial charge is 0.464 e. The van der Waals surface area contributed by atoms with Crippen molar-refractivity contribution in [1.82, 2.24) is 9.80 Å². The Hall–Kier alpha value is -2.59. The van der Waals surface area contributed by atoms with Gasteiger partial charge in [-0.1, -0.05) is 30.3 Å². The summed E-state index contributed by atoms with van der Waals surface area (Å²) in [5.41, 5.74) is 7.54. The van der Waals surface area contributed by atoms with Crippen molar-refractivity contribution in [1.29, 1.82) is 0 Å². The number of furan rings is 1. The van der Waals surface area contributed by atoms with Gasteiger partial charge in [-0.15, -0.1) is 0 Å². The summed E-state index contributed by atoms with van der Waals surface area (Å²) >= 11 is 0. The van der Waals surface area contributed by atoms with Crippen LogP contribution in [0.1, 0.15) is 47.1 Å². The minimum absolute atomic E-state index is 0.306. The van der Waals surface area contributed by atoms with Gasteiger partial charge < -0.3 is 14.2 Å². The summed E-state index contributed by atoms with van der Waals surface area (Å²) in [6.07, 6.45) is 8.14. The van der Waals surface area contributed by atoms with Crippen LogP contribution in [0.25, 0.3) is 11.0 Å². The molecule has 5 rings (SSSR count). The fraction of sp³-hybridized carbons (Fsp3) is 0.483. The Kier molecular flexibility index (Phi) is 6.55. The molecule has 1 amide bonds. The molecule has 3 heterocycles. The van der Waals surface area contributed by atoms with Crippen molar-refractivity contribution in [3.05, 3.63) is 70.5 Å². The van der Waals surface area contributed by atoms with Gasteiger partial charge in [-0.3, -0.25) is 4.79 Å². The molecule has 1 saturated heterocycles. The molecule has 174 valence electrons. The number of hydrogen-bond acceptors (Lipinski definition) is 3. The summed E-state index contributed by atoms with van der Waals surface area (Å²) in [4.78, 5) is 17.8. The standard InChI is InChI=1S/C29H36N2O2/c1-21-15-24-11-14-31(29(32)17-26(24)16-22(21)2)19-23-7-5-12-30(18-23)13-6-8-25-20-33-28-10-4-3-9-27(25)28/h3-4,9-10,15-16,20,23H,5-8,11-14,17-19H2,1-2H3. The number of carbonyl (C=O) groups is 1. The summed E-state index contributed by atoms with van der Waals surface area (Å²) in [5.74, 6) is 0.892. The molecule has 0 spiro atoms. The molecule has 33 heavy (non-hydrogen) atoms. The molecular formula is C29H36N2O2. The highest BCUT2D eigenvalue weighted by Crippen LogP contribution is 2.25. The van der Waals surface area contributed by atoms with Crippen molar-refractivity contribution in [2.75, 3.05) is 32.7 Å². The average molecular weight is 445 g/mol. The van der Waals surface area contributed by atoms with Crippen molar-refractivity contribution in [2.45, 2.75) is 52.4 Å². The summed E-state index contributed by atoms with van der Waals surface area (Å²) < 4.78 is 5.70. The Bertz CT molecular complexity index is 1130. The smallest absolute Gasteiger partial charge is 0.227 e. The Morgan fingerprint density at radius 1 is 1.06 bits per heavy atom. The Morgan fingerprint density at radius 2 is 1.88 bits per heavy atom. The lowest BCUT2D eigenvalue weighted by molar-refractivity contribution is -0.131. The van der Waals surface area contributed by atoms with Crippen molar-refractivity contribution >= 4 is 16.9 Å². The van der Waals surface area contributed by atoms with E-state index < -0.39 is 0 Å². The van der Waals surface area contributed by atoms with Gasteiger partial charge in [-0.2, -0.15) is 0 Å². The van der Waals surface area contributed by atoms with E-state index in [-0.39, 0.29) is 0 Å². The first-order valence-electron chi connectivity index (χ1n) is 12.6. The lowest BCUT2D eigenvalue weighted by Gasteiger charge is -2.35. The van der Waals surface area contributed by atoms with Crippen LogP contribution in [0.2, 0.25) is 0 Å². The zero-order valence-corrected chi connectivity index (χ0v) is 20.1. The Morgan fingerprint density at radius 3 is 2.76 bits per heavy atom. The van der Waals surface area contributed by atoms with E-state index in [1.807, 2.05) is 18.4 Å². The Balaban J connectivity index is 1.14. The number of rotatable bonds is 6. The number of amides is 1. The molecular weight excluding hydrogens is 408 g/mol. The summed E-state index contributed by atoms with van der Waals surface area (Å²) in [6.45, 7) is 9.50. The topological polar surface area (TPSA) is 36.7 Å². The van der Waals surface area contributed by atoms with Gasteiger partial charge in [0, 0.05) is 25.0 Å². The van der Waals surface area contributed by atoms with Gasteiger partial charge in [0.25, 0.3) is 0 Å². The SMILES string of the molecule is Cc1cc2c(cc1C)CC(=O)N(CC1CCCN(CCCc3coc4ccccc34)C1)CC2. The molecule has 0 bridgehead atoms. The Labute approximate surface area is 197 Å². The van der Waals surface area contributed by atoms with Crippen LogP contribution >= 0.6 is 0 Å². The molecule has 0 saturated carbocycles. The molecule has 1 unspecified atom stereocenters. The molecule has 0 aliphatic carbocycles. The fourth-order valence-electron chi connectivity index (χ4n) is 5.72. The van der Waals surface area contributed by atoms with E-state index in [2.05, 4.69) is 47.9 Å². The molecule has 1 aromatic heterocycles. The third-order valence-electron chi connectivity index (χ3n) is 7.72. The number of fused-ring (bicyclic) bond motifs is 2. The average Bonchev–Trinajstić information content (AvgIpc) is 3.16. The van der Waals surface area contributed by atoms with Crippen LogP contribution in [0.3, 0.4) is 0 Å². The number of hydrogen-bond donors (Lipinski definition) is 0. The monoisotopic (exact) mass is 444 g/mol. The predicted octanol–water partition coefficient (Wildman–Crippen LogP) is 5.32. The van der Waals surface area contributed by atoms with Crippen LogP contribution in [0.15, 0.2) is 47.1 Å². The minimum atomic E-state index is 0.306. The molecule has 4 heteroatoms. The second kappa shape index (κ2) is 9.72. The van der Waals surface area contributed by atoms with Gasteiger partial charge in [0.2, 0.25) is 5.91 Å². The lowest BCUT2D eigenvalue weighted by atomic mass is 9.96. The third-order valence-corrected chi connectivity index (χ3v) is 7.72. The van der Waals surface area contributed by atoms with Crippen LogP contribution < -0.4 is 0 Å². The van der Waals surface area contributed by atoms with Crippen LogP contribution in [0.4, 0.5) is 0 Å². The van der Waals surface area contributed by atoms with Crippen molar-refractivity contribution in [3.63, 3.8) is 0 Å². The maximum Gasteiger partial charge on any atom is 0.227 e. The van der Waals surface area contributed by atoms with Crippen LogP contribution in [-0.4, -0.2) is 48.4 Å². The number of nitrogens with zero attached hydrogens (tertiary/aromatic N) is 2. The second-order valence-electron chi connectivity index (χ2n) is 10.1. The first-order valence-corrected chi connectivity index (χ1v) is 12.6. The summed E-state index contributed by atoms with van der Waals surface area (Å²) in [6, 6.07) is 12.8. The van der Waals surface area contributed by atoms with Crippen LogP contribution in [0.5, 0.6) is 0 Å². The third kappa shape index (κ3) is 5.01. The van der Waals surface area contributed by atoms with E-state index in [9.17, 15) is 4.79 Å². The van der Waals surface area contributed by atoms with E-state index in [0.717, 1.165) is 51.0 Å². The number of para-hydroxylation sites is 1. The number of benzene rings is 2. The number of likely N-dealkylation sites (tertiary alicyclic amines) is 1. The molecule has 1 fully saturated rings. The maximum absolute atomic E-state index is 13.0. The normalized spacial score (nSPS) is 19.6. The molecule has 2 aliphatic heterocycles. The van der Waals surface area contributed by atoms with E-state index in [4.69, 9.17) is 4.42 Å². The van der Waals surface area contributed by atoms with Gasteiger partial charge in [0.1, 0.15) is 5.58 Å². The lowest BCUT2D eigenvalue weighted by Crippen LogP contribution is -2.43. The summed E-state index contributed by atoms with van der Waals surface area (Å²) in [5, 5.41) is 1.25. The van der Waals surface area contributed by atoms with Crippen LogP contribution in [0, 0.1) is 19.8 Å². The number of piperidine rings is 1.